The number of pyridine rings is 3. The van der Waals surface area contributed by atoms with Gasteiger partial charge >= 0.3 is 0 Å². The molecule has 3 aromatic heterocycles. The molecule has 0 atom stereocenters. The SMILES string of the molecule is Cc1cc(C2CC2)cc2ccn(-c3cccc(-c4cc(Nc5ccc(N6CCN(CC(C)C)CC6)cn5)c(=O)n(C)c4)c3CO)c(=O)c12. The van der Waals surface area contributed by atoms with Crippen molar-refractivity contribution in [2.24, 2.45) is 13.0 Å². The van der Waals surface area contributed by atoms with Crippen LogP contribution in [0.15, 0.2) is 82.8 Å². The Morgan fingerprint density at radius 3 is 2.46 bits per heavy atom. The third-order valence-corrected chi connectivity index (χ3v) is 9.71. The maximum atomic E-state index is 13.9. The minimum atomic E-state index is -0.282. The number of piperazine rings is 1. The smallest absolute Gasteiger partial charge is 0.274 e. The summed E-state index contributed by atoms with van der Waals surface area (Å²) in [6.45, 7) is 11.3. The van der Waals surface area contributed by atoms with E-state index in [1.54, 1.807) is 30.1 Å². The van der Waals surface area contributed by atoms with Crippen molar-refractivity contribution in [3.8, 4) is 16.8 Å². The lowest BCUT2D eigenvalue weighted by atomic mass is 9.98. The Balaban J connectivity index is 1.17. The summed E-state index contributed by atoms with van der Waals surface area (Å²) in [5.74, 6) is 1.84. The van der Waals surface area contributed by atoms with Gasteiger partial charge in [0.05, 0.1) is 29.6 Å². The van der Waals surface area contributed by atoms with Crippen molar-refractivity contribution in [2.75, 3.05) is 42.9 Å². The average Bonchev–Trinajstić information content (AvgIpc) is 3.93. The molecule has 9 heteroatoms. The summed E-state index contributed by atoms with van der Waals surface area (Å²) in [5, 5.41) is 15.5. The van der Waals surface area contributed by atoms with E-state index >= 15 is 0 Å². The lowest BCUT2D eigenvalue weighted by molar-refractivity contribution is 0.231. The Hall–Kier alpha value is -4.73. The third-order valence-electron chi connectivity index (χ3n) is 9.71. The van der Waals surface area contributed by atoms with E-state index in [2.05, 4.69) is 46.1 Å². The van der Waals surface area contributed by atoms with Crippen molar-refractivity contribution in [2.45, 2.75) is 46.1 Å². The van der Waals surface area contributed by atoms with Crippen LogP contribution in [0.4, 0.5) is 17.2 Å². The number of aliphatic hydroxyl groups excluding tert-OH is 1. The van der Waals surface area contributed by atoms with Gasteiger partial charge in [-0.1, -0.05) is 38.1 Å². The van der Waals surface area contributed by atoms with Gasteiger partial charge in [0.1, 0.15) is 11.5 Å². The highest BCUT2D eigenvalue weighted by atomic mass is 16.3. The van der Waals surface area contributed by atoms with Crippen LogP contribution in [0.25, 0.3) is 27.6 Å². The largest absolute Gasteiger partial charge is 0.392 e. The van der Waals surface area contributed by atoms with Crippen molar-refractivity contribution in [3.63, 3.8) is 0 Å². The van der Waals surface area contributed by atoms with Crippen LogP contribution in [0, 0.1) is 12.8 Å². The Morgan fingerprint density at radius 1 is 0.979 bits per heavy atom. The zero-order chi connectivity index (χ0) is 33.5. The minimum absolute atomic E-state index is 0.117. The van der Waals surface area contributed by atoms with Gasteiger partial charge in [0.15, 0.2) is 0 Å². The molecule has 0 unspecified atom stereocenters. The molecule has 4 heterocycles. The van der Waals surface area contributed by atoms with Crippen molar-refractivity contribution >= 4 is 28.0 Å². The molecule has 2 N–H and O–H groups in total. The molecule has 0 spiro atoms. The molecule has 248 valence electrons. The Labute approximate surface area is 281 Å². The molecule has 7 rings (SSSR count). The number of fused-ring (bicyclic) bond motifs is 1. The van der Waals surface area contributed by atoms with Crippen LogP contribution in [0.1, 0.15) is 49.3 Å². The molecule has 0 radical (unpaired) electrons. The maximum Gasteiger partial charge on any atom is 0.274 e. The lowest BCUT2D eigenvalue weighted by Crippen LogP contribution is -2.47. The predicted molar refractivity (Wildman–Crippen MR) is 194 cm³/mol. The van der Waals surface area contributed by atoms with Gasteiger partial charge in [-0.05, 0) is 84.0 Å². The van der Waals surface area contributed by atoms with Crippen molar-refractivity contribution in [1.29, 1.82) is 0 Å². The van der Waals surface area contributed by atoms with Crippen molar-refractivity contribution in [3.05, 3.63) is 111 Å². The van der Waals surface area contributed by atoms with E-state index in [4.69, 9.17) is 0 Å². The Kier molecular flexibility index (Phi) is 8.66. The molecular formula is C39H44N6O3. The number of nitrogens with one attached hydrogen (secondary N) is 1. The van der Waals surface area contributed by atoms with Crippen LogP contribution in [0.5, 0.6) is 0 Å². The lowest BCUT2D eigenvalue weighted by Gasteiger charge is -2.36. The van der Waals surface area contributed by atoms with E-state index in [9.17, 15) is 14.7 Å². The van der Waals surface area contributed by atoms with E-state index in [0.29, 0.717) is 40.0 Å². The summed E-state index contributed by atoms with van der Waals surface area (Å²) >= 11 is 0. The topological polar surface area (TPSA) is 95.6 Å². The van der Waals surface area contributed by atoms with E-state index in [1.165, 1.54) is 23.0 Å². The Morgan fingerprint density at radius 2 is 1.77 bits per heavy atom. The second-order valence-corrected chi connectivity index (χ2v) is 13.8. The first-order valence-corrected chi connectivity index (χ1v) is 17.0. The van der Waals surface area contributed by atoms with E-state index < -0.39 is 0 Å². The molecule has 5 aromatic rings. The zero-order valence-corrected chi connectivity index (χ0v) is 28.2. The van der Waals surface area contributed by atoms with E-state index in [0.717, 1.165) is 60.5 Å². The summed E-state index contributed by atoms with van der Waals surface area (Å²) in [7, 11) is 1.71. The molecule has 2 aliphatic rings. The number of nitrogens with zero attached hydrogens (tertiary/aromatic N) is 5. The molecule has 0 amide bonds. The van der Waals surface area contributed by atoms with E-state index in [-0.39, 0.29) is 17.7 Å². The third kappa shape index (κ3) is 6.28. The van der Waals surface area contributed by atoms with Crippen LogP contribution < -0.4 is 21.3 Å². The standard InChI is InChI=1S/C39H44N6O3/c1-25(2)22-43-14-16-44(17-15-43)31-10-11-36(40-21-31)41-34-20-30(23-42(4)38(34)47)32-6-5-7-35(33(32)24-46)45-13-12-28-19-29(27-8-9-27)18-26(3)37(28)39(45)48/h5-7,10-13,18-21,23,25,27,46H,8-9,14-17,22,24H2,1-4H3,(H,40,41). The quantitative estimate of drug-likeness (QED) is 0.205. The number of benzene rings is 2. The van der Waals surface area contributed by atoms with Crippen molar-refractivity contribution in [1.82, 2.24) is 19.0 Å². The summed E-state index contributed by atoms with van der Waals surface area (Å²) in [4.78, 5) is 36.7. The fourth-order valence-corrected chi connectivity index (χ4v) is 7.13. The molecule has 1 saturated carbocycles. The highest BCUT2D eigenvalue weighted by Gasteiger charge is 2.25. The van der Waals surface area contributed by atoms with Crippen LogP contribution in [0.2, 0.25) is 0 Å². The number of aliphatic hydroxyl groups is 1. The molecule has 1 aliphatic carbocycles. The van der Waals surface area contributed by atoms with Gasteiger partial charge in [0, 0.05) is 63.3 Å². The molecule has 48 heavy (non-hydrogen) atoms. The summed E-state index contributed by atoms with van der Waals surface area (Å²) in [6.07, 6.45) is 7.83. The molecule has 1 saturated heterocycles. The first-order valence-electron chi connectivity index (χ1n) is 17.0. The van der Waals surface area contributed by atoms with Gasteiger partial charge in [-0.3, -0.25) is 19.1 Å². The molecule has 1 aliphatic heterocycles. The van der Waals surface area contributed by atoms with Crippen LogP contribution in [0.3, 0.4) is 0 Å². The summed E-state index contributed by atoms with van der Waals surface area (Å²) < 4.78 is 3.15. The van der Waals surface area contributed by atoms with Crippen molar-refractivity contribution < 1.29 is 5.11 Å². The van der Waals surface area contributed by atoms with Crippen LogP contribution in [-0.4, -0.2) is 56.8 Å². The normalized spacial score (nSPS) is 15.4. The van der Waals surface area contributed by atoms with Crippen LogP contribution in [-0.2, 0) is 13.7 Å². The second kappa shape index (κ2) is 13.1. The van der Waals surface area contributed by atoms with Gasteiger partial charge < -0.3 is 19.9 Å². The molecule has 2 fully saturated rings. The number of aromatic nitrogens is 3. The van der Waals surface area contributed by atoms with Gasteiger partial charge in [-0.15, -0.1) is 0 Å². The average molecular weight is 645 g/mol. The monoisotopic (exact) mass is 644 g/mol. The highest BCUT2D eigenvalue weighted by molar-refractivity contribution is 5.86. The van der Waals surface area contributed by atoms with Crippen LogP contribution >= 0.6 is 0 Å². The fourth-order valence-electron chi connectivity index (χ4n) is 7.13. The Bertz CT molecular complexity index is 2090. The zero-order valence-electron chi connectivity index (χ0n) is 28.2. The minimum Gasteiger partial charge on any atom is -0.392 e. The number of rotatable bonds is 9. The second-order valence-electron chi connectivity index (χ2n) is 13.8. The van der Waals surface area contributed by atoms with Gasteiger partial charge in [0.2, 0.25) is 0 Å². The van der Waals surface area contributed by atoms with Gasteiger partial charge in [-0.2, -0.15) is 0 Å². The molecule has 0 bridgehead atoms. The number of hydrogen-bond donors (Lipinski definition) is 2. The number of hydrogen-bond acceptors (Lipinski definition) is 7. The first-order chi connectivity index (χ1) is 23.2. The molecule has 9 nitrogen and oxygen atoms in total. The maximum absolute atomic E-state index is 13.9. The summed E-state index contributed by atoms with van der Waals surface area (Å²) in [6, 6.07) is 17.7. The fraction of sp³-hybridized carbons (Fsp3) is 0.359. The molecule has 2 aromatic carbocycles. The first kappa shape index (κ1) is 31.8. The highest BCUT2D eigenvalue weighted by Crippen LogP contribution is 2.41. The number of anilines is 3. The predicted octanol–water partition coefficient (Wildman–Crippen LogP) is 5.95. The van der Waals surface area contributed by atoms with Gasteiger partial charge in [-0.25, -0.2) is 4.98 Å². The summed E-state index contributed by atoms with van der Waals surface area (Å²) in [5.41, 5.74) is 6.08. The molecular weight excluding hydrogens is 600 g/mol. The van der Waals surface area contributed by atoms with Gasteiger partial charge in [0.25, 0.3) is 11.1 Å². The van der Waals surface area contributed by atoms with E-state index in [1.807, 2.05) is 49.5 Å². The number of aryl methyl sites for hydroxylation is 2.